The fraction of sp³-hybridized carbons (Fsp3) is 0.222. The number of carbonyl (C=O) groups excluding carboxylic acids is 3. The Kier molecular flexibility index (Phi) is 5.06. The van der Waals surface area contributed by atoms with E-state index in [-0.39, 0.29) is 38.2 Å². The predicted molar refractivity (Wildman–Crippen MR) is 131 cm³/mol. The summed E-state index contributed by atoms with van der Waals surface area (Å²) in [6.45, 7) is 2.33. The summed E-state index contributed by atoms with van der Waals surface area (Å²) < 4.78 is 17.0. The van der Waals surface area contributed by atoms with E-state index in [1.165, 1.54) is 6.92 Å². The molecule has 1 unspecified atom stereocenters. The molecule has 6 rings (SSSR count). The molecule has 9 nitrogen and oxygen atoms in total. The fourth-order valence-corrected chi connectivity index (χ4v) is 5.03. The van der Waals surface area contributed by atoms with E-state index in [0.717, 1.165) is 16.8 Å². The Bertz CT molecular complexity index is 1400. The molecule has 0 fully saturated rings. The highest BCUT2D eigenvalue weighted by Gasteiger charge is 2.57. The average Bonchev–Trinajstić information content (AvgIpc) is 3.55. The van der Waals surface area contributed by atoms with Crippen LogP contribution in [0.5, 0.6) is 17.2 Å². The van der Waals surface area contributed by atoms with Gasteiger partial charge in [0, 0.05) is 41.7 Å². The van der Waals surface area contributed by atoms with Gasteiger partial charge in [-0.05, 0) is 48.9 Å². The first-order valence-electron chi connectivity index (χ1n) is 11.6. The number of amides is 3. The first kappa shape index (κ1) is 22.0. The second-order valence-electron chi connectivity index (χ2n) is 8.88. The summed E-state index contributed by atoms with van der Waals surface area (Å²) in [7, 11) is 0. The molecule has 2 N–H and O–H groups in total. The summed E-state index contributed by atoms with van der Waals surface area (Å²) in [6.07, 6.45) is 0. The minimum Gasteiger partial charge on any atom is -0.491 e. The van der Waals surface area contributed by atoms with Gasteiger partial charge in [0.15, 0.2) is 17.3 Å². The van der Waals surface area contributed by atoms with Gasteiger partial charge >= 0.3 is 6.03 Å². The number of nitrogens with zero attached hydrogens (tertiary/aromatic N) is 1. The molecule has 0 aliphatic carbocycles. The number of fused-ring (bicyclic) bond motifs is 5. The van der Waals surface area contributed by atoms with Crippen molar-refractivity contribution in [1.82, 2.24) is 5.32 Å². The zero-order valence-electron chi connectivity index (χ0n) is 19.5. The Morgan fingerprint density at radius 2 is 1.69 bits per heavy atom. The number of hydrogen-bond donors (Lipinski definition) is 2. The van der Waals surface area contributed by atoms with Crippen LogP contribution >= 0.6 is 0 Å². The van der Waals surface area contributed by atoms with Crippen LogP contribution < -0.4 is 29.7 Å². The van der Waals surface area contributed by atoms with Crippen molar-refractivity contribution in [3.05, 3.63) is 77.4 Å². The van der Waals surface area contributed by atoms with Crippen LogP contribution in [0.25, 0.3) is 0 Å². The minimum atomic E-state index is -0.979. The molecule has 0 radical (unpaired) electrons. The molecule has 3 aromatic carbocycles. The molecule has 0 saturated carbocycles. The fourth-order valence-electron chi connectivity index (χ4n) is 5.03. The van der Waals surface area contributed by atoms with Gasteiger partial charge in [-0.1, -0.05) is 18.2 Å². The van der Waals surface area contributed by atoms with Gasteiger partial charge in [-0.2, -0.15) is 0 Å². The van der Waals surface area contributed by atoms with Crippen LogP contribution in [0.4, 0.5) is 16.2 Å². The highest BCUT2D eigenvalue weighted by Crippen LogP contribution is 2.54. The standard InChI is InChI=1S/C27H23N3O6/c1-16(31)17-6-8-18(9-7-17)29-26(33)28-10-11-30-21-5-3-2-4-19(21)27(25(30)32)14-34-22-13-24-23(12-20(22)27)35-15-36-24/h2-9,12-13H,10-11,14-15H2,1H3,(H2,28,29,33). The topological polar surface area (TPSA) is 106 Å². The van der Waals surface area contributed by atoms with Crippen LogP contribution in [0.1, 0.15) is 28.4 Å². The molecule has 1 atom stereocenters. The molecule has 3 aliphatic heterocycles. The number of hydrogen-bond acceptors (Lipinski definition) is 6. The van der Waals surface area contributed by atoms with Crippen molar-refractivity contribution >= 4 is 29.1 Å². The van der Waals surface area contributed by atoms with Crippen molar-refractivity contribution in [2.24, 2.45) is 0 Å². The van der Waals surface area contributed by atoms with E-state index in [2.05, 4.69) is 10.6 Å². The average molecular weight is 485 g/mol. The highest BCUT2D eigenvalue weighted by molar-refractivity contribution is 6.11. The van der Waals surface area contributed by atoms with Crippen molar-refractivity contribution in [3.63, 3.8) is 0 Å². The van der Waals surface area contributed by atoms with Gasteiger partial charge in [-0.25, -0.2) is 4.79 Å². The summed E-state index contributed by atoms with van der Waals surface area (Å²) >= 11 is 0. The van der Waals surface area contributed by atoms with E-state index in [1.807, 2.05) is 30.3 Å². The summed E-state index contributed by atoms with van der Waals surface area (Å²) in [5.74, 6) is 1.66. The minimum absolute atomic E-state index is 0.0418. The largest absolute Gasteiger partial charge is 0.491 e. The molecule has 1 spiro atoms. The smallest absolute Gasteiger partial charge is 0.319 e. The van der Waals surface area contributed by atoms with E-state index in [0.29, 0.717) is 28.5 Å². The maximum absolute atomic E-state index is 13.9. The second kappa shape index (κ2) is 8.30. The number of rotatable bonds is 5. The van der Waals surface area contributed by atoms with Crippen LogP contribution in [0.15, 0.2) is 60.7 Å². The Labute approximate surface area is 206 Å². The third kappa shape index (κ3) is 3.35. The molecule has 0 bridgehead atoms. The van der Waals surface area contributed by atoms with E-state index >= 15 is 0 Å². The molecular formula is C27H23N3O6. The normalized spacial score (nSPS) is 18.6. The van der Waals surface area contributed by atoms with Gasteiger partial charge in [0.1, 0.15) is 17.8 Å². The lowest BCUT2D eigenvalue weighted by Crippen LogP contribution is -2.45. The highest BCUT2D eigenvalue weighted by atomic mass is 16.7. The second-order valence-corrected chi connectivity index (χ2v) is 8.88. The first-order valence-corrected chi connectivity index (χ1v) is 11.6. The predicted octanol–water partition coefficient (Wildman–Crippen LogP) is 3.46. The van der Waals surface area contributed by atoms with Gasteiger partial charge in [0.25, 0.3) is 0 Å². The lowest BCUT2D eigenvalue weighted by Gasteiger charge is -2.23. The van der Waals surface area contributed by atoms with Crippen molar-refractivity contribution in [3.8, 4) is 17.2 Å². The molecule has 36 heavy (non-hydrogen) atoms. The van der Waals surface area contributed by atoms with Gasteiger partial charge in [-0.15, -0.1) is 0 Å². The maximum Gasteiger partial charge on any atom is 0.319 e. The van der Waals surface area contributed by atoms with E-state index in [4.69, 9.17) is 14.2 Å². The van der Waals surface area contributed by atoms with E-state index in [1.54, 1.807) is 35.2 Å². The molecule has 0 aromatic heterocycles. The van der Waals surface area contributed by atoms with E-state index < -0.39 is 11.4 Å². The van der Waals surface area contributed by atoms with Gasteiger partial charge in [0.2, 0.25) is 12.7 Å². The van der Waals surface area contributed by atoms with Crippen LogP contribution in [0.2, 0.25) is 0 Å². The maximum atomic E-state index is 13.9. The summed E-state index contributed by atoms with van der Waals surface area (Å²) in [4.78, 5) is 39.5. The number of Topliss-reactive ketones (excluding diaryl/α,β-unsaturated/α-hetero) is 1. The third-order valence-electron chi connectivity index (χ3n) is 6.81. The van der Waals surface area contributed by atoms with Crippen LogP contribution in [0.3, 0.4) is 0 Å². The summed E-state index contributed by atoms with van der Waals surface area (Å²) in [5, 5.41) is 5.54. The Balaban J connectivity index is 1.19. The number of carbonyl (C=O) groups is 3. The summed E-state index contributed by atoms with van der Waals surface area (Å²) in [5.41, 5.74) is 2.57. The summed E-state index contributed by atoms with van der Waals surface area (Å²) in [6, 6.07) is 17.5. The van der Waals surface area contributed by atoms with Crippen molar-refractivity contribution in [1.29, 1.82) is 0 Å². The molecule has 3 amide bonds. The number of urea groups is 1. The zero-order valence-corrected chi connectivity index (χ0v) is 19.5. The Morgan fingerprint density at radius 1 is 0.944 bits per heavy atom. The van der Waals surface area contributed by atoms with Crippen LogP contribution in [-0.2, 0) is 10.2 Å². The van der Waals surface area contributed by atoms with E-state index in [9.17, 15) is 14.4 Å². The third-order valence-corrected chi connectivity index (χ3v) is 6.81. The lowest BCUT2D eigenvalue weighted by atomic mass is 9.77. The molecule has 0 saturated heterocycles. The van der Waals surface area contributed by atoms with Crippen molar-refractivity contribution in [2.45, 2.75) is 12.3 Å². The molecule has 3 aliphatic rings. The van der Waals surface area contributed by atoms with Gasteiger partial charge in [-0.3, -0.25) is 9.59 Å². The molecule has 9 heteroatoms. The van der Waals surface area contributed by atoms with Crippen molar-refractivity contribution < 1.29 is 28.6 Å². The number of ketones is 1. The first-order chi connectivity index (χ1) is 17.5. The molecular weight excluding hydrogens is 462 g/mol. The van der Waals surface area contributed by atoms with Crippen LogP contribution in [0, 0.1) is 0 Å². The lowest BCUT2D eigenvalue weighted by molar-refractivity contribution is -0.122. The molecule has 3 aromatic rings. The number of benzene rings is 3. The van der Waals surface area contributed by atoms with Gasteiger partial charge in [0.05, 0.1) is 0 Å². The van der Waals surface area contributed by atoms with Gasteiger partial charge < -0.3 is 29.7 Å². The zero-order chi connectivity index (χ0) is 24.9. The number of nitrogens with one attached hydrogen (secondary N) is 2. The monoisotopic (exact) mass is 485 g/mol. The number of anilines is 2. The van der Waals surface area contributed by atoms with Crippen LogP contribution in [-0.4, -0.2) is 44.2 Å². The van der Waals surface area contributed by atoms with Crippen molar-refractivity contribution in [2.75, 3.05) is 36.7 Å². The molecule has 182 valence electrons. The quantitative estimate of drug-likeness (QED) is 0.536. The number of ether oxygens (including phenoxy) is 3. The Morgan fingerprint density at radius 3 is 2.47 bits per heavy atom. The number of para-hydroxylation sites is 1. The SMILES string of the molecule is CC(=O)c1ccc(NC(=O)NCCN2C(=O)C3(COc4cc5c(cc43)OCO5)c3ccccc32)cc1. The Hall–Kier alpha value is -4.53. The molecule has 3 heterocycles.